The lowest BCUT2D eigenvalue weighted by Crippen LogP contribution is -1.95. The Balaban J connectivity index is 1.54. The van der Waals surface area contributed by atoms with Crippen LogP contribution in [0.2, 0.25) is 0 Å². The molecule has 166 valence electrons. The molecule has 0 bridgehead atoms. The van der Waals surface area contributed by atoms with Crippen LogP contribution in [0.15, 0.2) is 48.8 Å². The molecule has 0 unspecified atom stereocenters. The predicted molar refractivity (Wildman–Crippen MR) is 124 cm³/mol. The van der Waals surface area contributed by atoms with Crippen LogP contribution in [0.1, 0.15) is 69.4 Å². The summed E-state index contributed by atoms with van der Waals surface area (Å²) in [6.07, 6.45) is 14.9. The van der Waals surface area contributed by atoms with Crippen LogP contribution >= 0.6 is 0 Å². The fraction of sp³-hybridized carbons (Fsp3) is 0.370. The van der Waals surface area contributed by atoms with Crippen molar-refractivity contribution in [3.8, 4) is 28.6 Å². The van der Waals surface area contributed by atoms with Crippen molar-refractivity contribution >= 4 is 0 Å². The van der Waals surface area contributed by atoms with Gasteiger partial charge in [-0.1, -0.05) is 76.1 Å². The molecule has 0 saturated carbocycles. The van der Waals surface area contributed by atoms with Crippen molar-refractivity contribution in [1.82, 2.24) is 9.97 Å². The van der Waals surface area contributed by atoms with E-state index >= 15 is 0 Å². The van der Waals surface area contributed by atoms with E-state index in [-0.39, 0.29) is 11.4 Å². The van der Waals surface area contributed by atoms with Gasteiger partial charge in [-0.2, -0.15) is 5.26 Å². The summed E-state index contributed by atoms with van der Waals surface area (Å²) in [5.41, 5.74) is 2.75. The Morgan fingerprint density at radius 3 is 1.88 bits per heavy atom. The molecule has 1 heterocycles. The summed E-state index contributed by atoms with van der Waals surface area (Å²) in [6.45, 7) is 2.25. The second kappa shape index (κ2) is 12.0. The number of benzene rings is 2. The highest BCUT2D eigenvalue weighted by Crippen LogP contribution is 2.24. The van der Waals surface area contributed by atoms with Crippen LogP contribution < -0.4 is 0 Å². The fourth-order valence-electron chi connectivity index (χ4n) is 3.76. The van der Waals surface area contributed by atoms with Gasteiger partial charge in [0, 0.05) is 23.5 Å². The van der Waals surface area contributed by atoms with Crippen molar-refractivity contribution in [3.63, 3.8) is 0 Å². The lowest BCUT2D eigenvalue weighted by molar-refractivity contribution is 0.575. The Morgan fingerprint density at radius 1 is 0.750 bits per heavy atom. The molecule has 0 aliphatic carbocycles. The Hall–Kier alpha value is -3.13. The number of rotatable bonds is 11. The van der Waals surface area contributed by atoms with Gasteiger partial charge in [-0.05, 0) is 36.1 Å². The molecule has 0 spiro atoms. The van der Waals surface area contributed by atoms with E-state index in [1.54, 1.807) is 12.4 Å². The number of aromatic nitrogens is 2. The largest absolute Gasteiger partial charge is 0.236 e. The molecule has 5 heteroatoms. The summed E-state index contributed by atoms with van der Waals surface area (Å²) in [4.78, 5) is 8.51. The molecule has 0 N–H and O–H groups in total. The van der Waals surface area contributed by atoms with Crippen LogP contribution in [0.25, 0.3) is 22.5 Å². The summed E-state index contributed by atoms with van der Waals surface area (Å²) in [5, 5.41) is 8.79. The van der Waals surface area contributed by atoms with E-state index in [4.69, 9.17) is 5.26 Å². The van der Waals surface area contributed by atoms with E-state index in [2.05, 4.69) is 41.2 Å². The highest BCUT2D eigenvalue weighted by Gasteiger charge is 2.13. The number of unbranched alkanes of at least 4 members (excludes halogenated alkanes) is 7. The van der Waals surface area contributed by atoms with Crippen LogP contribution in [0.3, 0.4) is 0 Å². The van der Waals surface area contributed by atoms with Gasteiger partial charge in [0.15, 0.2) is 5.82 Å². The molecule has 1 aromatic heterocycles. The molecule has 0 radical (unpaired) electrons. The fourth-order valence-corrected chi connectivity index (χ4v) is 3.76. The first-order chi connectivity index (χ1) is 15.6. The minimum Gasteiger partial charge on any atom is -0.236 e. The molecular weight excluding hydrogens is 404 g/mol. The lowest BCUT2D eigenvalue weighted by Gasteiger charge is -2.06. The number of hydrogen-bond acceptors (Lipinski definition) is 3. The summed E-state index contributed by atoms with van der Waals surface area (Å²) in [5.74, 6) is -1.62. The summed E-state index contributed by atoms with van der Waals surface area (Å²) in [6, 6.07) is 12.1. The van der Waals surface area contributed by atoms with Crippen molar-refractivity contribution in [2.75, 3.05) is 0 Å². The van der Waals surface area contributed by atoms with Crippen LogP contribution in [0.5, 0.6) is 0 Å². The average Bonchev–Trinajstić information content (AvgIpc) is 2.81. The van der Waals surface area contributed by atoms with E-state index in [1.807, 2.05) is 0 Å². The van der Waals surface area contributed by atoms with E-state index in [0.29, 0.717) is 0 Å². The first-order valence-corrected chi connectivity index (χ1v) is 11.4. The second-order valence-electron chi connectivity index (χ2n) is 8.14. The van der Waals surface area contributed by atoms with Crippen molar-refractivity contribution < 1.29 is 8.78 Å². The van der Waals surface area contributed by atoms with Crippen LogP contribution in [-0.2, 0) is 6.42 Å². The topological polar surface area (TPSA) is 49.6 Å². The van der Waals surface area contributed by atoms with Gasteiger partial charge in [-0.3, -0.25) is 0 Å². The van der Waals surface area contributed by atoms with Crippen molar-refractivity contribution in [2.24, 2.45) is 0 Å². The monoisotopic (exact) mass is 433 g/mol. The second-order valence-corrected chi connectivity index (χ2v) is 8.14. The summed E-state index contributed by atoms with van der Waals surface area (Å²) < 4.78 is 27.7. The highest BCUT2D eigenvalue weighted by molar-refractivity contribution is 5.64. The molecule has 0 saturated heterocycles. The maximum Gasteiger partial charge on any atom is 0.159 e. The normalized spacial score (nSPS) is 10.8. The quantitative estimate of drug-likeness (QED) is 0.292. The zero-order chi connectivity index (χ0) is 22.8. The smallest absolute Gasteiger partial charge is 0.159 e. The Bertz CT molecular complexity index is 1010. The zero-order valence-electron chi connectivity index (χ0n) is 18.6. The van der Waals surface area contributed by atoms with E-state index in [1.165, 1.54) is 63.0 Å². The predicted octanol–water partition coefficient (Wildman–Crippen LogP) is 7.64. The molecule has 0 aliphatic heterocycles. The number of hydrogen-bond donors (Lipinski definition) is 0. The molecule has 32 heavy (non-hydrogen) atoms. The van der Waals surface area contributed by atoms with Gasteiger partial charge < -0.3 is 0 Å². The highest BCUT2D eigenvalue weighted by atomic mass is 19.1. The molecule has 3 aromatic rings. The number of halogens is 2. The van der Waals surface area contributed by atoms with Gasteiger partial charge in [-0.25, -0.2) is 18.7 Å². The van der Waals surface area contributed by atoms with E-state index in [0.717, 1.165) is 29.7 Å². The molecule has 3 nitrogen and oxygen atoms in total. The molecule has 0 atom stereocenters. The lowest BCUT2D eigenvalue weighted by atomic mass is 10.0. The Labute approximate surface area is 189 Å². The van der Waals surface area contributed by atoms with Gasteiger partial charge in [0.05, 0.1) is 0 Å². The van der Waals surface area contributed by atoms with Gasteiger partial charge in [0.1, 0.15) is 23.3 Å². The zero-order valence-corrected chi connectivity index (χ0v) is 18.6. The minimum absolute atomic E-state index is 0.200. The molecule has 0 aliphatic rings. The average molecular weight is 434 g/mol. The maximum absolute atomic E-state index is 13.9. The van der Waals surface area contributed by atoms with Gasteiger partial charge in [-0.15, -0.1) is 0 Å². The standard InChI is InChI=1S/C27H29F2N3/c1-2-3-4-5-6-7-8-9-10-20-11-13-21(14-12-20)23-18-31-27(32-19-23)22-15-25(28)24(17-30)26(29)16-22/h11-16,18-19H,2-10H2,1H3. The molecule has 0 fully saturated rings. The number of nitrogens with zero attached hydrogens (tertiary/aromatic N) is 3. The van der Waals surface area contributed by atoms with Crippen LogP contribution in [0, 0.1) is 23.0 Å². The van der Waals surface area contributed by atoms with Crippen molar-refractivity contribution in [1.29, 1.82) is 5.26 Å². The number of aryl methyl sites for hydroxylation is 1. The van der Waals surface area contributed by atoms with Crippen molar-refractivity contribution in [2.45, 2.75) is 64.7 Å². The SMILES string of the molecule is CCCCCCCCCCc1ccc(-c2cnc(-c3cc(F)c(C#N)c(F)c3)nc2)cc1. The van der Waals surface area contributed by atoms with Gasteiger partial charge in [0.25, 0.3) is 0 Å². The van der Waals surface area contributed by atoms with Gasteiger partial charge >= 0.3 is 0 Å². The van der Waals surface area contributed by atoms with Crippen LogP contribution in [-0.4, -0.2) is 9.97 Å². The third kappa shape index (κ3) is 6.43. The van der Waals surface area contributed by atoms with Crippen molar-refractivity contribution in [3.05, 3.63) is 71.6 Å². The number of nitriles is 1. The third-order valence-electron chi connectivity index (χ3n) is 5.67. The molecule has 0 amide bonds. The Kier molecular flexibility index (Phi) is 8.86. The maximum atomic E-state index is 13.9. The van der Waals surface area contributed by atoms with Gasteiger partial charge in [0.2, 0.25) is 0 Å². The summed E-state index contributed by atoms with van der Waals surface area (Å²) in [7, 11) is 0. The van der Waals surface area contributed by atoms with E-state index in [9.17, 15) is 8.78 Å². The Morgan fingerprint density at radius 2 is 1.31 bits per heavy atom. The third-order valence-corrected chi connectivity index (χ3v) is 5.67. The molecule has 2 aromatic carbocycles. The first kappa shape index (κ1) is 23.5. The summed E-state index contributed by atoms with van der Waals surface area (Å²) >= 11 is 0. The van der Waals surface area contributed by atoms with Crippen LogP contribution in [0.4, 0.5) is 8.78 Å². The molecular formula is C27H29F2N3. The minimum atomic E-state index is -0.915. The molecule has 3 rings (SSSR count). The van der Waals surface area contributed by atoms with E-state index < -0.39 is 17.2 Å². The first-order valence-electron chi connectivity index (χ1n) is 11.4.